The first kappa shape index (κ1) is 7.35. The monoisotopic (exact) mass is 118 g/mol. The normalized spacial score (nSPS) is 12.0. The summed E-state index contributed by atoms with van der Waals surface area (Å²) in [6.07, 6.45) is 2.14. The van der Waals surface area contributed by atoms with E-state index in [4.69, 9.17) is 0 Å². The highest BCUT2D eigenvalue weighted by Gasteiger charge is 2.06. The van der Waals surface area contributed by atoms with Crippen LogP contribution in [0.25, 0.3) is 0 Å². The number of rotatable bonds is 1. The molecule has 0 spiro atoms. The Balaban J connectivity index is 3.15. The predicted octanol–water partition coefficient (Wildman–Crippen LogP) is 2.40. The topological polar surface area (TPSA) is 0 Å². The van der Waals surface area contributed by atoms with Gasteiger partial charge in [-0.05, 0) is 17.4 Å². The highest BCUT2D eigenvalue weighted by Crippen LogP contribution is 2.17. The van der Waals surface area contributed by atoms with E-state index < -0.39 is 0 Å². The van der Waals surface area contributed by atoms with Crippen LogP contribution in [-0.2, 0) is 0 Å². The fraction of sp³-hybridized carbons (Fsp3) is 1.00. The second kappa shape index (κ2) is 2.61. The lowest BCUT2D eigenvalue weighted by Gasteiger charge is -2.14. The van der Waals surface area contributed by atoms with Gasteiger partial charge in [0, 0.05) is 0 Å². The highest BCUT2D eigenvalue weighted by atomic mass is 32.2. The third kappa shape index (κ3) is 6.35. The van der Waals surface area contributed by atoms with Crippen molar-refractivity contribution in [3.05, 3.63) is 0 Å². The molecule has 0 aromatic heterocycles. The smallest absolute Gasteiger partial charge is 0.00215 e. The summed E-state index contributed by atoms with van der Waals surface area (Å²) in [5.41, 5.74) is 0.513. The van der Waals surface area contributed by atoms with Crippen LogP contribution in [0.4, 0.5) is 0 Å². The van der Waals surface area contributed by atoms with Gasteiger partial charge in [-0.25, -0.2) is 0 Å². The molecule has 7 heavy (non-hydrogen) atoms. The molecule has 0 amide bonds. The summed E-state index contributed by atoms with van der Waals surface area (Å²) in [6.45, 7) is 6.76. The largest absolute Gasteiger partial charge is 0.165 e. The molecular formula is C6H14S. The minimum Gasteiger partial charge on any atom is -0.165 e. The molecule has 44 valence electrons. The summed E-state index contributed by atoms with van der Waals surface area (Å²) in [4.78, 5) is 0. The van der Waals surface area contributed by atoms with Gasteiger partial charge in [-0.3, -0.25) is 0 Å². The number of thioether (sulfide) groups is 1. The molecular weight excluding hydrogens is 104 g/mol. The van der Waals surface area contributed by atoms with Gasteiger partial charge in [0.2, 0.25) is 0 Å². The average Bonchev–Trinajstić information content (AvgIpc) is 1.30. The minimum absolute atomic E-state index is 0.513. The van der Waals surface area contributed by atoms with Crippen LogP contribution in [0.15, 0.2) is 0 Å². The second-order valence-electron chi connectivity index (χ2n) is 2.99. The molecule has 0 saturated heterocycles. The Morgan fingerprint density at radius 1 is 1.29 bits per heavy atom. The van der Waals surface area contributed by atoms with Crippen LogP contribution in [0.3, 0.4) is 0 Å². The van der Waals surface area contributed by atoms with Gasteiger partial charge in [0.25, 0.3) is 0 Å². The number of hydrogen-bond donors (Lipinski definition) is 0. The average molecular weight is 118 g/mol. The van der Waals surface area contributed by atoms with Crippen molar-refractivity contribution >= 4 is 11.8 Å². The van der Waals surface area contributed by atoms with Gasteiger partial charge in [0.1, 0.15) is 0 Å². The lowest BCUT2D eigenvalue weighted by Crippen LogP contribution is -2.07. The highest BCUT2D eigenvalue weighted by molar-refractivity contribution is 7.98. The maximum absolute atomic E-state index is 2.25. The summed E-state index contributed by atoms with van der Waals surface area (Å²) >= 11 is 1.91. The van der Waals surface area contributed by atoms with Crippen molar-refractivity contribution < 1.29 is 0 Å². The maximum Gasteiger partial charge on any atom is -0.00215 e. The van der Waals surface area contributed by atoms with Crippen molar-refractivity contribution in [2.75, 3.05) is 12.0 Å². The molecule has 1 heteroatoms. The molecule has 0 aromatic rings. The second-order valence-corrected chi connectivity index (χ2v) is 3.86. The zero-order valence-electron chi connectivity index (χ0n) is 5.62. The quantitative estimate of drug-likeness (QED) is 0.509. The van der Waals surface area contributed by atoms with Crippen LogP contribution >= 0.6 is 11.8 Å². The zero-order chi connectivity index (χ0) is 5.91. The first-order valence-corrected chi connectivity index (χ1v) is 3.94. The van der Waals surface area contributed by atoms with Crippen LogP contribution in [-0.4, -0.2) is 12.0 Å². The Morgan fingerprint density at radius 3 is 1.71 bits per heavy atom. The third-order valence-corrected chi connectivity index (χ3v) is 1.73. The van der Waals surface area contributed by atoms with Crippen LogP contribution < -0.4 is 0 Å². The fourth-order valence-electron chi connectivity index (χ4n) is 0.433. The zero-order valence-corrected chi connectivity index (χ0v) is 6.43. The van der Waals surface area contributed by atoms with Gasteiger partial charge < -0.3 is 0 Å². The molecule has 0 atom stereocenters. The van der Waals surface area contributed by atoms with Gasteiger partial charge in [-0.2, -0.15) is 11.8 Å². The van der Waals surface area contributed by atoms with E-state index in [1.165, 1.54) is 5.75 Å². The van der Waals surface area contributed by atoms with Gasteiger partial charge in [-0.1, -0.05) is 20.8 Å². The summed E-state index contributed by atoms with van der Waals surface area (Å²) in [5.74, 6) is 1.26. The van der Waals surface area contributed by atoms with E-state index in [1.807, 2.05) is 11.8 Å². The van der Waals surface area contributed by atoms with Crippen LogP contribution in [0.2, 0.25) is 0 Å². The van der Waals surface area contributed by atoms with Crippen molar-refractivity contribution in [3.63, 3.8) is 0 Å². The number of hydrogen-bond acceptors (Lipinski definition) is 1. The van der Waals surface area contributed by atoms with Crippen LogP contribution in [0.1, 0.15) is 20.8 Å². The van der Waals surface area contributed by atoms with E-state index in [9.17, 15) is 0 Å². The molecule has 0 nitrogen and oxygen atoms in total. The SMILES string of the molecule is CSCC(C)(C)C. The van der Waals surface area contributed by atoms with E-state index in [0.29, 0.717) is 5.41 Å². The fourth-order valence-corrected chi connectivity index (χ4v) is 1.30. The molecule has 0 unspecified atom stereocenters. The first-order chi connectivity index (χ1) is 3.06. The molecule has 0 aliphatic rings. The Labute approximate surface area is 50.7 Å². The molecule has 0 rings (SSSR count). The van der Waals surface area contributed by atoms with E-state index in [-0.39, 0.29) is 0 Å². The van der Waals surface area contributed by atoms with Crippen molar-refractivity contribution in [2.24, 2.45) is 5.41 Å². The lowest BCUT2D eigenvalue weighted by molar-refractivity contribution is 0.481. The Hall–Kier alpha value is 0.350. The molecule has 0 saturated carbocycles. The van der Waals surface area contributed by atoms with Crippen molar-refractivity contribution in [1.82, 2.24) is 0 Å². The van der Waals surface area contributed by atoms with E-state index in [0.717, 1.165) is 0 Å². The summed E-state index contributed by atoms with van der Waals surface area (Å²) < 4.78 is 0. The van der Waals surface area contributed by atoms with Gasteiger partial charge in [0.05, 0.1) is 0 Å². The molecule has 0 radical (unpaired) electrons. The molecule has 0 aliphatic carbocycles. The third-order valence-electron chi connectivity index (χ3n) is 0.577. The van der Waals surface area contributed by atoms with E-state index in [2.05, 4.69) is 27.0 Å². The molecule has 0 N–H and O–H groups in total. The summed E-state index contributed by atoms with van der Waals surface area (Å²) in [7, 11) is 0. The van der Waals surface area contributed by atoms with E-state index >= 15 is 0 Å². The summed E-state index contributed by atoms with van der Waals surface area (Å²) in [6, 6.07) is 0. The Morgan fingerprint density at radius 2 is 1.71 bits per heavy atom. The van der Waals surface area contributed by atoms with Crippen LogP contribution in [0.5, 0.6) is 0 Å². The van der Waals surface area contributed by atoms with Crippen molar-refractivity contribution in [1.29, 1.82) is 0 Å². The first-order valence-electron chi connectivity index (χ1n) is 2.55. The molecule has 0 fully saturated rings. The van der Waals surface area contributed by atoms with Gasteiger partial charge >= 0.3 is 0 Å². The molecule has 0 bridgehead atoms. The standard InChI is InChI=1S/C6H14S/c1-6(2,3)5-7-4/h5H2,1-4H3. The molecule has 0 heterocycles. The lowest BCUT2D eigenvalue weighted by atomic mass is 10.0. The van der Waals surface area contributed by atoms with Crippen molar-refractivity contribution in [2.45, 2.75) is 20.8 Å². The Kier molecular flexibility index (Phi) is 2.74. The Bertz CT molecular complexity index is 42.6. The minimum atomic E-state index is 0.513. The summed E-state index contributed by atoms with van der Waals surface area (Å²) in [5, 5.41) is 0. The maximum atomic E-state index is 2.25. The predicted molar refractivity (Wildman–Crippen MR) is 37.8 cm³/mol. The molecule has 0 aliphatic heterocycles. The van der Waals surface area contributed by atoms with Crippen molar-refractivity contribution in [3.8, 4) is 0 Å². The molecule has 0 aromatic carbocycles. The van der Waals surface area contributed by atoms with Gasteiger partial charge in [-0.15, -0.1) is 0 Å². The van der Waals surface area contributed by atoms with Gasteiger partial charge in [0.15, 0.2) is 0 Å². The van der Waals surface area contributed by atoms with E-state index in [1.54, 1.807) is 0 Å². The van der Waals surface area contributed by atoms with Crippen LogP contribution in [0, 0.1) is 5.41 Å².